The summed E-state index contributed by atoms with van der Waals surface area (Å²) in [4.78, 5) is 0. The summed E-state index contributed by atoms with van der Waals surface area (Å²) in [6, 6.07) is 6.92. The van der Waals surface area contributed by atoms with Crippen molar-refractivity contribution in [1.29, 1.82) is 5.26 Å². The molecule has 0 spiro atoms. The fourth-order valence-corrected chi connectivity index (χ4v) is 2.36. The standard InChI is InChI=1S/C16H15N5O2/c17-8-12-1-4-14(5-2-12)21(20-10-18-19-11-20)9-13-3-6-15(22)16(23)7-13/h1,3-7,10-12,22-23H,2,9H2. The van der Waals surface area contributed by atoms with E-state index in [4.69, 9.17) is 5.26 Å². The predicted molar refractivity (Wildman–Crippen MR) is 82.7 cm³/mol. The number of rotatable bonds is 4. The molecule has 0 saturated carbocycles. The Balaban J connectivity index is 1.88. The molecule has 0 fully saturated rings. The van der Waals surface area contributed by atoms with Gasteiger partial charge in [0, 0.05) is 0 Å². The van der Waals surface area contributed by atoms with Crippen LogP contribution in [-0.4, -0.2) is 25.1 Å². The highest BCUT2D eigenvalue weighted by atomic mass is 16.3. The third-order valence-corrected chi connectivity index (χ3v) is 3.60. The van der Waals surface area contributed by atoms with E-state index in [1.807, 2.05) is 23.2 Å². The zero-order valence-corrected chi connectivity index (χ0v) is 12.2. The van der Waals surface area contributed by atoms with E-state index in [0.717, 1.165) is 11.3 Å². The topological polar surface area (TPSA) is 98.2 Å². The zero-order valence-electron chi connectivity index (χ0n) is 12.2. The van der Waals surface area contributed by atoms with Crippen LogP contribution in [0.5, 0.6) is 11.5 Å². The Labute approximate surface area is 133 Å². The second-order valence-corrected chi connectivity index (χ2v) is 5.18. The average Bonchev–Trinajstić information content (AvgIpc) is 3.10. The number of allylic oxidation sites excluding steroid dienone is 3. The number of phenols is 2. The maximum Gasteiger partial charge on any atom is 0.157 e. The van der Waals surface area contributed by atoms with Gasteiger partial charge in [-0.1, -0.05) is 18.2 Å². The van der Waals surface area contributed by atoms with Crippen molar-refractivity contribution in [3.63, 3.8) is 0 Å². The van der Waals surface area contributed by atoms with E-state index < -0.39 is 0 Å². The van der Waals surface area contributed by atoms with Crippen molar-refractivity contribution in [1.82, 2.24) is 14.9 Å². The fourth-order valence-electron chi connectivity index (χ4n) is 2.36. The lowest BCUT2D eigenvalue weighted by molar-refractivity contribution is 0.403. The van der Waals surface area contributed by atoms with Crippen molar-refractivity contribution in [2.75, 3.05) is 5.01 Å². The highest BCUT2D eigenvalue weighted by Gasteiger charge is 2.16. The number of hydrogen-bond acceptors (Lipinski definition) is 6. The Morgan fingerprint density at radius 2 is 2.04 bits per heavy atom. The summed E-state index contributed by atoms with van der Waals surface area (Å²) >= 11 is 0. The molecule has 7 nitrogen and oxygen atoms in total. The number of benzene rings is 1. The third-order valence-electron chi connectivity index (χ3n) is 3.60. The van der Waals surface area contributed by atoms with Gasteiger partial charge in [0.25, 0.3) is 0 Å². The van der Waals surface area contributed by atoms with Crippen molar-refractivity contribution >= 4 is 0 Å². The van der Waals surface area contributed by atoms with E-state index in [2.05, 4.69) is 16.3 Å². The SMILES string of the molecule is N#CC1C=CC(N(Cc2ccc(O)c(O)c2)n2cnnc2)=CC1. The van der Waals surface area contributed by atoms with Crippen LogP contribution in [0, 0.1) is 17.2 Å². The van der Waals surface area contributed by atoms with E-state index in [-0.39, 0.29) is 17.4 Å². The van der Waals surface area contributed by atoms with Crippen molar-refractivity contribution in [3.05, 3.63) is 60.3 Å². The molecule has 0 amide bonds. The monoisotopic (exact) mass is 309 g/mol. The summed E-state index contributed by atoms with van der Waals surface area (Å²) in [7, 11) is 0. The van der Waals surface area contributed by atoms with Gasteiger partial charge in [-0.05, 0) is 30.2 Å². The first kappa shape index (κ1) is 14.7. The molecule has 2 aromatic rings. The second kappa shape index (κ2) is 6.23. The molecule has 1 aliphatic carbocycles. The van der Waals surface area contributed by atoms with Gasteiger partial charge in [0.05, 0.1) is 24.2 Å². The summed E-state index contributed by atoms with van der Waals surface area (Å²) in [5.41, 5.74) is 1.72. The molecule has 0 aliphatic heterocycles. The van der Waals surface area contributed by atoms with Gasteiger partial charge in [0.15, 0.2) is 11.5 Å². The molecule has 0 saturated heterocycles. The Kier molecular flexibility index (Phi) is 3.97. The van der Waals surface area contributed by atoms with Crippen LogP contribution in [0.2, 0.25) is 0 Å². The number of nitriles is 1. The van der Waals surface area contributed by atoms with Crippen LogP contribution in [0.15, 0.2) is 54.8 Å². The van der Waals surface area contributed by atoms with Gasteiger partial charge in [-0.25, -0.2) is 4.68 Å². The molecule has 1 atom stereocenters. The Morgan fingerprint density at radius 3 is 2.65 bits per heavy atom. The smallest absolute Gasteiger partial charge is 0.157 e. The van der Waals surface area contributed by atoms with Crippen molar-refractivity contribution < 1.29 is 10.2 Å². The number of hydrogen-bond donors (Lipinski definition) is 2. The molecule has 3 rings (SSSR count). The van der Waals surface area contributed by atoms with Gasteiger partial charge in [0.1, 0.15) is 12.7 Å². The Bertz CT molecular complexity index is 789. The van der Waals surface area contributed by atoms with Gasteiger partial charge in [-0.15, -0.1) is 10.2 Å². The Hall–Kier alpha value is -3.27. The normalized spacial score (nSPS) is 16.7. The molecule has 0 bridgehead atoms. The van der Waals surface area contributed by atoms with Crippen molar-refractivity contribution in [2.45, 2.75) is 13.0 Å². The average molecular weight is 309 g/mol. The lowest BCUT2D eigenvalue weighted by atomic mass is 10.0. The lowest BCUT2D eigenvalue weighted by Gasteiger charge is -2.27. The van der Waals surface area contributed by atoms with Gasteiger partial charge in [0.2, 0.25) is 0 Å². The highest BCUT2D eigenvalue weighted by Crippen LogP contribution is 2.26. The number of aromatic hydroxyl groups is 2. The molecule has 7 heteroatoms. The van der Waals surface area contributed by atoms with Crippen molar-refractivity contribution in [2.24, 2.45) is 5.92 Å². The van der Waals surface area contributed by atoms with E-state index in [1.54, 1.807) is 23.4 Å². The maximum absolute atomic E-state index is 9.66. The summed E-state index contributed by atoms with van der Waals surface area (Å²) in [6.45, 7) is 0.444. The summed E-state index contributed by atoms with van der Waals surface area (Å²) in [6.07, 6.45) is 9.52. The first-order chi connectivity index (χ1) is 11.2. The van der Waals surface area contributed by atoms with Crippen LogP contribution >= 0.6 is 0 Å². The van der Waals surface area contributed by atoms with Crippen LogP contribution in [-0.2, 0) is 6.54 Å². The van der Waals surface area contributed by atoms with E-state index in [0.29, 0.717) is 13.0 Å². The molecule has 1 unspecified atom stereocenters. The Morgan fingerprint density at radius 1 is 1.26 bits per heavy atom. The van der Waals surface area contributed by atoms with E-state index in [1.165, 1.54) is 12.1 Å². The third kappa shape index (κ3) is 3.16. The zero-order chi connectivity index (χ0) is 16.2. The number of phenolic OH excluding ortho intramolecular Hbond substituents is 2. The van der Waals surface area contributed by atoms with Crippen LogP contribution in [0.3, 0.4) is 0 Å². The second-order valence-electron chi connectivity index (χ2n) is 5.18. The van der Waals surface area contributed by atoms with Gasteiger partial charge in [-0.2, -0.15) is 5.26 Å². The number of aromatic nitrogens is 3. The maximum atomic E-state index is 9.66. The molecule has 1 aliphatic rings. The predicted octanol–water partition coefficient (Wildman–Crippen LogP) is 1.81. The largest absolute Gasteiger partial charge is 0.504 e. The number of nitrogens with zero attached hydrogens (tertiary/aromatic N) is 5. The quantitative estimate of drug-likeness (QED) is 0.836. The highest BCUT2D eigenvalue weighted by molar-refractivity contribution is 5.42. The minimum atomic E-state index is -0.163. The first-order valence-electron chi connectivity index (χ1n) is 7.08. The molecular formula is C16H15N5O2. The van der Waals surface area contributed by atoms with Crippen molar-refractivity contribution in [3.8, 4) is 17.6 Å². The molecule has 1 aromatic heterocycles. The van der Waals surface area contributed by atoms with Gasteiger partial charge < -0.3 is 10.2 Å². The van der Waals surface area contributed by atoms with Crippen LogP contribution in [0.4, 0.5) is 0 Å². The molecule has 2 N–H and O–H groups in total. The molecule has 23 heavy (non-hydrogen) atoms. The van der Waals surface area contributed by atoms with Gasteiger partial charge in [-0.3, -0.25) is 5.01 Å². The first-order valence-corrected chi connectivity index (χ1v) is 7.08. The lowest BCUT2D eigenvalue weighted by Crippen LogP contribution is -2.32. The summed E-state index contributed by atoms with van der Waals surface area (Å²) in [5.74, 6) is -0.429. The van der Waals surface area contributed by atoms with Crippen LogP contribution in [0.25, 0.3) is 0 Å². The fraction of sp³-hybridized carbons (Fsp3) is 0.188. The molecule has 1 heterocycles. The van der Waals surface area contributed by atoms with Crippen LogP contribution in [0.1, 0.15) is 12.0 Å². The van der Waals surface area contributed by atoms with E-state index in [9.17, 15) is 10.2 Å². The molecular weight excluding hydrogens is 294 g/mol. The molecule has 1 aromatic carbocycles. The summed E-state index contributed by atoms with van der Waals surface area (Å²) in [5, 5.41) is 37.6. The van der Waals surface area contributed by atoms with Crippen LogP contribution < -0.4 is 5.01 Å². The molecule has 0 radical (unpaired) electrons. The minimum absolute atomic E-state index is 0.112. The van der Waals surface area contributed by atoms with Gasteiger partial charge >= 0.3 is 0 Å². The summed E-state index contributed by atoms with van der Waals surface area (Å²) < 4.78 is 1.73. The minimum Gasteiger partial charge on any atom is -0.504 e. The molecule has 116 valence electrons. The van der Waals surface area contributed by atoms with E-state index >= 15 is 0 Å².